The Bertz CT molecular complexity index is 2260. The molecule has 1 aliphatic heterocycles. The Labute approximate surface area is 355 Å². The minimum absolute atomic E-state index is 0.00228. The summed E-state index contributed by atoms with van der Waals surface area (Å²) < 4.78 is 76.5. The van der Waals surface area contributed by atoms with Crippen molar-refractivity contribution in [3.63, 3.8) is 0 Å². The zero-order valence-electron chi connectivity index (χ0n) is 34.8. The van der Waals surface area contributed by atoms with Crippen LogP contribution in [0.3, 0.4) is 0 Å². The molecule has 1 saturated heterocycles. The minimum atomic E-state index is -2.57. The zero-order valence-corrected chi connectivity index (χ0v) is 34.8. The van der Waals surface area contributed by atoms with Crippen molar-refractivity contribution in [3.05, 3.63) is 184 Å². The van der Waals surface area contributed by atoms with Crippen LogP contribution in [0.25, 0.3) is 0 Å². The average Bonchev–Trinajstić information content (AvgIpc) is 3.56. The van der Waals surface area contributed by atoms with Gasteiger partial charge in [0.25, 0.3) is 0 Å². The van der Waals surface area contributed by atoms with Crippen molar-refractivity contribution in [1.82, 2.24) is 9.78 Å². The van der Waals surface area contributed by atoms with Crippen molar-refractivity contribution >= 4 is 0 Å². The number of benzene rings is 5. The van der Waals surface area contributed by atoms with Gasteiger partial charge in [-0.05, 0) is 60.7 Å². The Morgan fingerprint density at radius 1 is 0.689 bits per heavy atom. The SMILES string of the molecule is COc1c(F)cc(Cc2c(O[C@@]3(O)O[C@H](COCc4ccccc4)[C@@H](OCc4ccccc4)[C@H](OCc4ccccc4)[C@H]3OCc3ccccc3)nn(C(C)C)c2C)cc1F. The molecule has 1 N–H and O–H groups in total. The van der Waals surface area contributed by atoms with E-state index in [4.69, 9.17) is 38.3 Å². The second kappa shape index (κ2) is 20.4. The summed E-state index contributed by atoms with van der Waals surface area (Å²) >= 11 is 0. The summed E-state index contributed by atoms with van der Waals surface area (Å²) in [6.07, 6.45) is -4.20. The summed E-state index contributed by atoms with van der Waals surface area (Å²) in [7, 11) is 1.21. The van der Waals surface area contributed by atoms with Crippen LogP contribution in [0.15, 0.2) is 133 Å². The van der Waals surface area contributed by atoms with Gasteiger partial charge in [0.05, 0.1) is 40.1 Å². The fourth-order valence-corrected chi connectivity index (χ4v) is 7.47. The fourth-order valence-electron chi connectivity index (χ4n) is 7.47. The van der Waals surface area contributed by atoms with Gasteiger partial charge in [-0.25, -0.2) is 8.78 Å². The predicted molar refractivity (Wildman–Crippen MR) is 225 cm³/mol. The lowest BCUT2D eigenvalue weighted by Crippen LogP contribution is -2.69. The molecule has 1 aromatic heterocycles. The maximum absolute atomic E-state index is 15.0. The Kier molecular flexibility index (Phi) is 14.6. The Balaban J connectivity index is 1.31. The van der Waals surface area contributed by atoms with Gasteiger partial charge in [0.1, 0.15) is 18.3 Å². The highest BCUT2D eigenvalue weighted by molar-refractivity contribution is 5.40. The summed E-state index contributed by atoms with van der Waals surface area (Å²) in [6, 6.07) is 40.9. The largest absolute Gasteiger partial charge is 0.491 e. The van der Waals surface area contributed by atoms with Gasteiger partial charge in [-0.1, -0.05) is 121 Å². The van der Waals surface area contributed by atoms with Crippen LogP contribution < -0.4 is 9.47 Å². The lowest BCUT2D eigenvalue weighted by Gasteiger charge is -2.49. The molecule has 0 amide bonds. The highest BCUT2D eigenvalue weighted by Gasteiger charge is 2.59. The first-order chi connectivity index (χ1) is 29.6. The van der Waals surface area contributed by atoms with Crippen LogP contribution in [0.4, 0.5) is 8.78 Å². The maximum Gasteiger partial charge on any atom is 0.356 e. The Morgan fingerprint density at radius 3 is 1.66 bits per heavy atom. The number of aromatic nitrogens is 2. The molecule has 0 spiro atoms. The van der Waals surface area contributed by atoms with Gasteiger partial charge < -0.3 is 38.3 Å². The third kappa shape index (κ3) is 10.9. The standard InChI is InChI=1S/C49H52F2N2O8/c1-33(2)53-34(3)40(25-39-26-41(50)44(55-4)42(51)27-39)48(52-53)61-49(54)47(59-31-38-23-15-8-16-24-38)46(58-30-37-21-13-7-14-22-37)45(57-29-36-19-11-6-12-20-36)43(60-49)32-56-28-35-17-9-5-10-18-35/h5-24,26-27,33,43,45-47,54H,25,28-32H2,1-4H3/t43-,45-,46+,47-,49+/m1/s1. The van der Waals surface area contributed by atoms with Crippen LogP contribution in [-0.4, -0.2) is 59.0 Å². The molecular formula is C49H52F2N2O8. The molecule has 5 aromatic carbocycles. The van der Waals surface area contributed by atoms with Gasteiger partial charge >= 0.3 is 5.97 Å². The highest BCUT2D eigenvalue weighted by atomic mass is 19.1. The normalized spacial score (nSPS) is 20.2. The van der Waals surface area contributed by atoms with Crippen molar-refractivity contribution in [2.75, 3.05) is 13.7 Å². The summed E-state index contributed by atoms with van der Waals surface area (Å²) in [5.41, 5.74) is 4.99. The molecule has 1 aliphatic rings. The number of ether oxygens (including phenoxy) is 7. The van der Waals surface area contributed by atoms with Crippen LogP contribution in [0.2, 0.25) is 0 Å². The molecule has 10 nitrogen and oxygen atoms in total. The van der Waals surface area contributed by atoms with Crippen LogP contribution in [0.1, 0.15) is 59.0 Å². The van der Waals surface area contributed by atoms with Crippen molar-refractivity contribution < 1.29 is 47.0 Å². The molecule has 0 radical (unpaired) electrons. The number of hydrogen-bond acceptors (Lipinski definition) is 9. The summed E-state index contributed by atoms with van der Waals surface area (Å²) in [4.78, 5) is 0. The van der Waals surface area contributed by atoms with E-state index in [-0.39, 0.29) is 51.4 Å². The fraction of sp³-hybridized carbons (Fsp3) is 0.327. The molecule has 61 heavy (non-hydrogen) atoms. The van der Waals surface area contributed by atoms with Crippen molar-refractivity contribution in [1.29, 1.82) is 0 Å². The van der Waals surface area contributed by atoms with E-state index in [2.05, 4.69) is 0 Å². The number of halogens is 2. The van der Waals surface area contributed by atoms with Gasteiger partial charge in [0.15, 0.2) is 23.5 Å². The lowest BCUT2D eigenvalue weighted by atomic mass is 9.96. The van der Waals surface area contributed by atoms with E-state index in [9.17, 15) is 5.11 Å². The molecule has 7 rings (SSSR count). The smallest absolute Gasteiger partial charge is 0.356 e. The van der Waals surface area contributed by atoms with Gasteiger partial charge in [-0.3, -0.25) is 4.68 Å². The first kappa shape index (κ1) is 43.6. The number of hydrogen-bond donors (Lipinski definition) is 1. The van der Waals surface area contributed by atoms with Crippen LogP contribution in [0.5, 0.6) is 11.6 Å². The number of rotatable bonds is 19. The third-order valence-corrected chi connectivity index (χ3v) is 10.5. The second-order valence-corrected chi connectivity index (χ2v) is 15.3. The molecule has 5 atom stereocenters. The minimum Gasteiger partial charge on any atom is -0.491 e. The molecule has 0 bridgehead atoms. The van der Waals surface area contributed by atoms with Crippen molar-refractivity contribution in [3.8, 4) is 11.6 Å². The molecule has 0 unspecified atom stereocenters. The summed E-state index contributed by atoms with van der Waals surface area (Å²) in [6.45, 7) is 6.32. The van der Waals surface area contributed by atoms with Gasteiger partial charge in [0.2, 0.25) is 5.88 Å². The van der Waals surface area contributed by atoms with Gasteiger partial charge in [-0.15, -0.1) is 5.10 Å². The van der Waals surface area contributed by atoms with Crippen LogP contribution in [-0.2, 0) is 56.5 Å². The molecular weight excluding hydrogens is 783 g/mol. The maximum atomic E-state index is 15.0. The molecule has 2 heterocycles. The monoisotopic (exact) mass is 834 g/mol. The van der Waals surface area contributed by atoms with E-state index in [0.717, 1.165) is 22.3 Å². The molecule has 0 saturated carbocycles. The molecule has 0 aliphatic carbocycles. The van der Waals surface area contributed by atoms with E-state index in [1.165, 1.54) is 19.2 Å². The third-order valence-electron chi connectivity index (χ3n) is 10.5. The number of methoxy groups -OCH3 is 1. The van der Waals surface area contributed by atoms with Crippen molar-refractivity contribution in [2.45, 2.75) is 90.1 Å². The van der Waals surface area contributed by atoms with Crippen LogP contribution in [0, 0.1) is 18.6 Å². The summed E-state index contributed by atoms with van der Waals surface area (Å²) in [5, 5.41) is 17.9. The molecule has 320 valence electrons. The molecule has 12 heteroatoms. The first-order valence-corrected chi connectivity index (χ1v) is 20.4. The van der Waals surface area contributed by atoms with Crippen molar-refractivity contribution in [2.24, 2.45) is 0 Å². The topological polar surface area (TPSA) is 103 Å². The van der Waals surface area contributed by atoms with E-state index in [0.29, 0.717) is 16.8 Å². The number of aliphatic hydroxyl groups is 1. The van der Waals surface area contributed by atoms with E-state index in [1.54, 1.807) is 4.68 Å². The average molecular weight is 835 g/mol. The number of nitrogens with zero attached hydrogens (tertiary/aromatic N) is 2. The first-order valence-electron chi connectivity index (χ1n) is 20.4. The Morgan fingerprint density at radius 2 is 1.16 bits per heavy atom. The van der Waals surface area contributed by atoms with E-state index < -0.39 is 47.8 Å². The predicted octanol–water partition coefficient (Wildman–Crippen LogP) is 9.05. The van der Waals surface area contributed by atoms with E-state index in [1.807, 2.05) is 142 Å². The second-order valence-electron chi connectivity index (χ2n) is 15.3. The van der Waals surface area contributed by atoms with Gasteiger partial charge in [-0.2, -0.15) is 0 Å². The molecule has 1 fully saturated rings. The zero-order chi connectivity index (χ0) is 42.8. The molecule has 6 aromatic rings. The Hall–Kier alpha value is -5.47. The van der Waals surface area contributed by atoms with Crippen LogP contribution >= 0.6 is 0 Å². The quantitative estimate of drug-likeness (QED) is 0.0802. The lowest BCUT2D eigenvalue weighted by molar-refractivity contribution is -0.436. The van der Waals surface area contributed by atoms with E-state index >= 15 is 8.78 Å². The van der Waals surface area contributed by atoms with Gasteiger partial charge in [0, 0.05) is 23.7 Å². The highest BCUT2D eigenvalue weighted by Crippen LogP contribution is 2.39. The summed E-state index contributed by atoms with van der Waals surface area (Å²) in [5.74, 6) is -4.78.